The van der Waals surface area contributed by atoms with Crippen LogP contribution in [0, 0.1) is 28.6 Å². The third kappa shape index (κ3) is 4.61. The van der Waals surface area contributed by atoms with Crippen LogP contribution >= 0.6 is 11.6 Å². The molecule has 3 N–H and O–H groups in total. The average molecular weight is 409 g/mol. The van der Waals surface area contributed by atoms with Crippen LogP contribution in [0.15, 0.2) is 42.5 Å². The molecule has 1 atom stereocenters. The monoisotopic (exact) mass is 408 g/mol. The van der Waals surface area contributed by atoms with Crippen LogP contribution < -0.4 is 9.80 Å². The highest BCUT2D eigenvalue weighted by Crippen LogP contribution is 2.39. The van der Waals surface area contributed by atoms with Gasteiger partial charge in [0.25, 0.3) is 0 Å². The summed E-state index contributed by atoms with van der Waals surface area (Å²) in [5, 5.41) is 27.5. The van der Waals surface area contributed by atoms with Crippen molar-refractivity contribution in [2.24, 2.45) is 5.92 Å². The Morgan fingerprint density at radius 2 is 1.83 bits per heavy atom. The summed E-state index contributed by atoms with van der Waals surface area (Å²) in [5.41, 5.74) is 2.24. The van der Waals surface area contributed by atoms with Gasteiger partial charge in [0.1, 0.15) is 17.3 Å². The summed E-state index contributed by atoms with van der Waals surface area (Å²) in [6.07, 6.45) is 0. The minimum absolute atomic E-state index is 0.0933. The summed E-state index contributed by atoms with van der Waals surface area (Å²) in [7, 11) is 0. The molecule has 1 aliphatic rings. The summed E-state index contributed by atoms with van der Waals surface area (Å²) < 4.78 is 0. The molecule has 0 bridgehead atoms. The largest absolute Gasteiger partial charge is 0.378 e. The molecular weight excluding hydrogens is 384 g/mol. The Labute approximate surface area is 176 Å². The van der Waals surface area contributed by atoms with Crippen molar-refractivity contribution in [3.8, 4) is 11.8 Å². The molecular formula is C23H25ClN4O. The lowest BCUT2D eigenvalue weighted by Crippen LogP contribution is -2.38. The van der Waals surface area contributed by atoms with Crippen LogP contribution in [0.25, 0.3) is 0 Å². The molecule has 0 aliphatic carbocycles. The number of rotatable bonds is 1. The van der Waals surface area contributed by atoms with E-state index in [1.165, 1.54) is 0 Å². The number of aliphatic hydroxyl groups is 1. The molecule has 3 rings (SSSR count). The second kappa shape index (κ2) is 7.90. The fraction of sp³-hybridized carbons (Fsp3) is 0.304. The molecule has 5 nitrogen and oxygen atoms in total. The molecule has 0 spiro atoms. The number of hydrogen-bond acceptors (Lipinski definition) is 4. The van der Waals surface area contributed by atoms with E-state index in [1.807, 2.05) is 49.4 Å². The van der Waals surface area contributed by atoms with E-state index >= 15 is 0 Å². The number of fused-ring (bicyclic) bond motifs is 1. The van der Waals surface area contributed by atoms with Gasteiger partial charge < -0.3 is 10.0 Å². The number of hydrogen-bond donors (Lipinski definition) is 3. The first-order chi connectivity index (χ1) is 13.6. The summed E-state index contributed by atoms with van der Waals surface area (Å²) in [6.45, 7) is 7.55. The molecule has 0 saturated heterocycles. The molecule has 1 aliphatic heterocycles. The molecule has 150 valence electrons. The minimum Gasteiger partial charge on any atom is -0.378 e. The minimum atomic E-state index is -1.09. The van der Waals surface area contributed by atoms with Crippen LogP contribution in [0.5, 0.6) is 0 Å². The molecule has 0 amide bonds. The maximum absolute atomic E-state index is 9.94. The molecule has 2 aromatic carbocycles. The second-order valence-corrected chi connectivity index (χ2v) is 8.24. The molecule has 0 aromatic heterocycles. The van der Waals surface area contributed by atoms with Gasteiger partial charge in [-0.15, -0.1) is 0 Å². The summed E-state index contributed by atoms with van der Waals surface area (Å²) in [5.74, 6) is 6.45. The highest BCUT2D eigenvalue weighted by Gasteiger charge is 2.30. The Hall–Kier alpha value is -2.81. The highest BCUT2D eigenvalue weighted by molar-refractivity contribution is 6.30. The highest BCUT2D eigenvalue weighted by atomic mass is 35.5. The van der Waals surface area contributed by atoms with Gasteiger partial charge in [-0.3, -0.25) is 15.7 Å². The van der Waals surface area contributed by atoms with E-state index < -0.39 is 5.60 Å². The van der Waals surface area contributed by atoms with E-state index in [0.29, 0.717) is 17.4 Å². The first kappa shape index (κ1) is 20.9. The lowest BCUT2D eigenvalue weighted by molar-refractivity contribution is 0.143. The van der Waals surface area contributed by atoms with Crippen molar-refractivity contribution in [1.29, 1.82) is 10.8 Å². The average Bonchev–Trinajstić information content (AvgIpc) is 2.75. The lowest BCUT2D eigenvalue weighted by Gasteiger charge is -2.27. The Kier molecular flexibility index (Phi) is 5.70. The Morgan fingerprint density at radius 1 is 1.17 bits per heavy atom. The smallest absolute Gasteiger partial charge is 0.120 e. The molecule has 0 radical (unpaired) electrons. The summed E-state index contributed by atoms with van der Waals surface area (Å²) >= 11 is 6.08. The van der Waals surface area contributed by atoms with Gasteiger partial charge in [-0.2, -0.15) is 0 Å². The number of nitrogens with one attached hydrogen (secondary N) is 2. The van der Waals surface area contributed by atoms with Crippen molar-refractivity contribution in [2.75, 3.05) is 16.3 Å². The van der Waals surface area contributed by atoms with Gasteiger partial charge in [0, 0.05) is 28.7 Å². The summed E-state index contributed by atoms with van der Waals surface area (Å²) in [6, 6.07) is 13.3. The third-order valence-electron chi connectivity index (χ3n) is 4.66. The molecule has 0 fully saturated rings. The summed E-state index contributed by atoms with van der Waals surface area (Å²) in [4.78, 5) is 3.80. The van der Waals surface area contributed by atoms with Crippen molar-refractivity contribution < 1.29 is 5.11 Å². The zero-order valence-electron chi connectivity index (χ0n) is 17.0. The predicted octanol–water partition coefficient (Wildman–Crippen LogP) is 5.03. The van der Waals surface area contributed by atoms with E-state index in [0.717, 1.165) is 22.6 Å². The van der Waals surface area contributed by atoms with E-state index in [-0.39, 0.29) is 11.8 Å². The SMILES string of the molecule is CC(=N)N1C(=N)C(C)CN(c2ccc(Cl)cc2)c2cc(C#CC(C)(C)O)ccc21. The van der Waals surface area contributed by atoms with Crippen LogP contribution in [0.1, 0.15) is 33.3 Å². The first-order valence-electron chi connectivity index (χ1n) is 9.43. The van der Waals surface area contributed by atoms with E-state index in [9.17, 15) is 5.11 Å². The Balaban J connectivity index is 2.21. The number of nitrogens with zero attached hydrogens (tertiary/aromatic N) is 2. The van der Waals surface area contributed by atoms with Crippen molar-refractivity contribution >= 4 is 40.3 Å². The Bertz CT molecular complexity index is 1010. The first-order valence-corrected chi connectivity index (χ1v) is 9.81. The number of benzene rings is 2. The quantitative estimate of drug-likeness (QED) is 0.352. The maximum Gasteiger partial charge on any atom is 0.120 e. The second-order valence-electron chi connectivity index (χ2n) is 7.81. The van der Waals surface area contributed by atoms with Crippen LogP contribution in [0.2, 0.25) is 5.02 Å². The van der Waals surface area contributed by atoms with Gasteiger partial charge in [0.15, 0.2) is 0 Å². The fourth-order valence-corrected chi connectivity index (χ4v) is 3.39. The normalized spacial score (nSPS) is 16.6. The van der Waals surface area contributed by atoms with Gasteiger partial charge in [0.05, 0.1) is 11.4 Å². The van der Waals surface area contributed by atoms with Crippen molar-refractivity contribution in [2.45, 2.75) is 33.3 Å². The molecule has 1 unspecified atom stereocenters. The van der Waals surface area contributed by atoms with E-state index in [1.54, 1.807) is 25.7 Å². The van der Waals surface area contributed by atoms with Crippen LogP contribution in [0.3, 0.4) is 0 Å². The topological polar surface area (TPSA) is 74.4 Å². The van der Waals surface area contributed by atoms with Crippen LogP contribution in [0.4, 0.5) is 17.1 Å². The van der Waals surface area contributed by atoms with Gasteiger partial charge in [-0.1, -0.05) is 30.4 Å². The predicted molar refractivity (Wildman–Crippen MR) is 121 cm³/mol. The van der Waals surface area contributed by atoms with Crippen molar-refractivity contribution in [1.82, 2.24) is 0 Å². The zero-order valence-corrected chi connectivity index (χ0v) is 17.8. The number of halogens is 1. The molecule has 29 heavy (non-hydrogen) atoms. The fourth-order valence-electron chi connectivity index (χ4n) is 3.27. The van der Waals surface area contributed by atoms with E-state index in [2.05, 4.69) is 16.7 Å². The molecule has 6 heteroatoms. The van der Waals surface area contributed by atoms with E-state index in [4.69, 9.17) is 22.4 Å². The van der Waals surface area contributed by atoms with Gasteiger partial charge >= 0.3 is 0 Å². The third-order valence-corrected chi connectivity index (χ3v) is 4.91. The Morgan fingerprint density at radius 3 is 2.41 bits per heavy atom. The number of anilines is 3. The lowest BCUT2D eigenvalue weighted by atomic mass is 10.1. The zero-order chi connectivity index (χ0) is 21.3. The van der Waals surface area contributed by atoms with Crippen molar-refractivity contribution in [3.63, 3.8) is 0 Å². The molecule has 1 heterocycles. The maximum atomic E-state index is 9.94. The van der Waals surface area contributed by atoms with Crippen LogP contribution in [-0.2, 0) is 0 Å². The molecule has 0 saturated carbocycles. The van der Waals surface area contributed by atoms with Crippen molar-refractivity contribution in [3.05, 3.63) is 53.1 Å². The van der Waals surface area contributed by atoms with Crippen LogP contribution in [-0.4, -0.2) is 28.9 Å². The van der Waals surface area contributed by atoms with Gasteiger partial charge in [-0.25, -0.2) is 0 Å². The molecule has 2 aromatic rings. The van der Waals surface area contributed by atoms with Gasteiger partial charge in [-0.05, 0) is 63.2 Å². The standard InChI is InChI=1S/C23H25ClN4O/c1-15-14-27(19-8-6-18(24)7-9-19)21-13-17(11-12-23(3,4)29)5-10-20(21)28(16(2)25)22(15)26/h5-10,13,15,25-26,29H,14H2,1-4H3. The number of amidine groups is 2. The van der Waals surface area contributed by atoms with Gasteiger partial charge in [0.2, 0.25) is 0 Å².